The zero-order valence-electron chi connectivity index (χ0n) is 10.3. The number of rotatable bonds is 5. The van der Waals surface area contributed by atoms with Crippen molar-refractivity contribution in [3.8, 4) is 0 Å². The molecule has 1 aromatic rings. The van der Waals surface area contributed by atoms with Crippen LogP contribution in [0.3, 0.4) is 0 Å². The van der Waals surface area contributed by atoms with E-state index in [2.05, 4.69) is 41.3 Å². The van der Waals surface area contributed by atoms with Gasteiger partial charge in [-0.1, -0.05) is 31.0 Å². The maximum atomic E-state index is 3.62. The molecule has 2 heteroatoms. The Morgan fingerprint density at radius 3 is 2.59 bits per heavy atom. The fourth-order valence-corrected chi connectivity index (χ4v) is 3.87. The van der Waals surface area contributed by atoms with Crippen molar-refractivity contribution >= 4 is 11.8 Å². The van der Waals surface area contributed by atoms with Crippen molar-refractivity contribution in [3.05, 3.63) is 29.8 Å². The van der Waals surface area contributed by atoms with Crippen LogP contribution in [-0.4, -0.2) is 11.3 Å². The third kappa shape index (κ3) is 3.26. The Morgan fingerprint density at radius 1 is 1.06 bits per heavy atom. The van der Waals surface area contributed by atoms with Crippen molar-refractivity contribution in [1.82, 2.24) is 5.32 Å². The maximum absolute atomic E-state index is 3.62. The van der Waals surface area contributed by atoms with Crippen LogP contribution in [0.1, 0.15) is 44.1 Å². The van der Waals surface area contributed by atoms with Crippen LogP contribution in [0.2, 0.25) is 0 Å². The molecule has 2 saturated carbocycles. The highest BCUT2D eigenvalue weighted by molar-refractivity contribution is 8.00. The summed E-state index contributed by atoms with van der Waals surface area (Å²) in [5, 5.41) is 4.50. The van der Waals surface area contributed by atoms with Gasteiger partial charge >= 0.3 is 0 Å². The van der Waals surface area contributed by atoms with Crippen LogP contribution in [0, 0.1) is 0 Å². The first-order valence-corrected chi connectivity index (χ1v) is 7.78. The number of hydrogen-bond acceptors (Lipinski definition) is 2. The Morgan fingerprint density at radius 2 is 1.82 bits per heavy atom. The van der Waals surface area contributed by atoms with Crippen LogP contribution in [0.15, 0.2) is 29.2 Å². The zero-order valence-corrected chi connectivity index (χ0v) is 11.1. The van der Waals surface area contributed by atoms with E-state index >= 15 is 0 Å². The summed E-state index contributed by atoms with van der Waals surface area (Å²) in [5.74, 6) is 0. The average Bonchev–Trinajstić information content (AvgIpc) is 3.05. The van der Waals surface area contributed by atoms with Gasteiger partial charge in [0.2, 0.25) is 0 Å². The predicted octanol–water partition coefficient (Wildman–Crippen LogP) is 3.97. The second kappa shape index (κ2) is 5.45. The van der Waals surface area contributed by atoms with Crippen molar-refractivity contribution in [2.45, 2.75) is 61.3 Å². The number of nitrogens with one attached hydrogen (secondary N) is 1. The quantitative estimate of drug-likeness (QED) is 0.845. The smallest absolute Gasteiger partial charge is 0.0219 e. The van der Waals surface area contributed by atoms with Gasteiger partial charge in [0.05, 0.1) is 0 Å². The second-order valence-corrected chi connectivity index (χ2v) is 6.63. The molecule has 0 radical (unpaired) electrons. The first-order chi connectivity index (χ1) is 8.42. The van der Waals surface area contributed by atoms with E-state index in [4.69, 9.17) is 0 Å². The third-order valence-corrected chi connectivity index (χ3v) is 5.18. The molecule has 0 bridgehead atoms. The molecule has 1 N–H and O–H groups in total. The topological polar surface area (TPSA) is 12.0 Å². The van der Waals surface area contributed by atoms with Crippen LogP contribution < -0.4 is 5.32 Å². The van der Waals surface area contributed by atoms with E-state index in [0.717, 1.165) is 17.8 Å². The Labute approximate surface area is 108 Å². The fraction of sp³-hybridized carbons (Fsp3) is 0.600. The van der Waals surface area contributed by atoms with Crippen LogP contribution in [0.5, 0.6) is 0 Å². The highest BCUT2D eigenvalue weighted by Gasteiger charge is 2.21. The summed E-state index contributed by atoms with van der Waals surface area (Å²) in [6.45, 7) is 1.06. The standard InChI is InChI=1S/C15H21NS/c1-4-8-15(17-14-6-2-3-7-14)12(5-1)11-16-13-9-10-13/h1,4-5,8,13-14,16H,2-3,6-7,9-11H2. The van der Waals surface area contributed by atoms with E-state index in [1.165, 1.54) is 49.0 Å². The Balaban J connectivity index is 1.63. The lowest BCUT2D eigenvalue weighted by Gasteiger charge is -2.13. The predicted molar refractivity (Wildman–Crippen MR) is 74.4 cm³/mol. The Hall–Kier alpha value is -0.470. The molecule has 0 aliphatic heterocycles. The van der Waals surface area contributed by atoms with E-state index < -0.39 is 0 Å². The monoisotopic (exact) mass is 247 g/mol. The molecule has 92 valence electrons. The lowest BCUT2D eigenvalue weighted by molar-refractivity contribution is 0.680. The van der Waals surface area contributed by atoms with Gasteiger partial charge in [0.25, 0.3) is 0 Å². The number of hydrogen-bond donors (Lipinski definition) is 1. The molecule has 0 amide bonds. The van der Waals surface area contributed by atoms with E-state index in [0.29, 0.717) is 0 Å². The van der Waals surface area contributed by atoms with E-state index in [1.54, 1.807) is 0 Å². The van der Waals surface area contributed by atoms with Gasteiger partial charge in [-0.2, -0.15) is 0 Å². The fourth-order valence-electron chi connectivity index (χ4n) is 2.49. The molecule has 1 aromatic carbocycles. The molecule has 0 saturated heterocycles. The minimum Gasteiger partial charge on any atom is -0.310 e. The lowest BCUT2D eigenvalue weighted by Crippen LogP contribution is -2.15. The maximum Gasteiger partial charge on any atom is 0.0219 e. The van der Waals surface area contributed by atoms with Gasteiger partial charge in [0.1, 0.15) is 0 Å². The summed E-state index contributed by atoms with van der Waals surface area (Å²) in [6, 6.07) is 9.74. The molecule has 0 heterocycles. The summed E-state index contributed by atoms with van der Waals surface area (Å²) < 4.78 is 0. The molecule has 1 nitrogen and oxygen atoms in total. The molecular weight excluding hydrogens is 226 g/mol. The van der Waals surface area contributed by atoms with Gasteiger partial charge in [-0.25, -0.2) is 0 Å². The SMILES string of the molecule is c1ccc(SC2CCCC2)c(CNC2CC2)c1. The molecule has 0 atom stereocenters. The van der Waals surface area contributed by atoms with Crippen molar-refractivity contribution in [1.29, 1.82) is 0 Å². The van der Waals surface area contributed by atoms with E-state index in [-0.39, 0.29) is 0 Å². The van der Waals surface area contributed by atoms with Crippen molar-refractivity contribution in [2.75, 3.05) is 0 Å². The summed E-state index contributed by atoms with van der Waals surface area (Å²) in [6.07, 6.45) is 8.43. The van der Waals surface area contributed by atoms with Crippen molar-refractivity contribution in [2.24, 2.45) is 0 Å². The summed E-state index contributed by atoms with van der Waals surface area (Å²) in [5.41, 5.74) is 1.50. The Bertz CT molecular complexity index is 367. The molecule has 2 aliphatic carbocycles. The first-order valence-electron chi connectivity index (χ1n) is 6.90. The summed E-state index contributed by atoms with van der Waals surface area (Å²) in [4.78, 5) is 1.51. The van der Waals surface area contributed by atoms with Crippen molar-refractivity contribution < 1.29 is 0 Å². The van der Waals surface area contributed by atoms with E-state index in [9.17, 15) is 0 Å². The van der Waals surface area contributed by atoms with Crippen molar-refractivity contribution in [3.63, 3.8) is 0 Å². The van der Waals surface area contributed by atoms with Gasteiger partial charge in [0, 0.05) is 22.7 Å². The minimum atomic E-state index is 0.805. The van der Waals surface area contributed by atoms with Gasteiger partial charge < -0.3 is 5.32 Å². The summed E-state index contributed by atoms with van der Waals surface area (Å²) >= 11 is 2.11. The van der Waals surface area contributed by atoms with Gasteiger partial charge in [-0.15, -0.1) is 11.8 Å². The molecule has 2 aliphatic rings. The third-order valence-electron chi connectivity index (χ3n) is 3.73. The molecule has 0 unspecified atom stereocenters. The highest BCUT2D eigenvalue weighted by Crippen LogP contribution is 2.36. The minimum absolute atomic E-state index is 0.805. The van der Waals surface area contributed by atoms with Gasteiger partial charge in [-0.3, -0.25) is 0 Å². The van der Waals surface area contributed by atoms with Gasteiger partial charge in [-0.05, 0) is 37.3 Å². The number of thioether (sulfide) groups is 1. The normalized spacial score (nSPS) is 20.9. The van der Waals surface area contributed by atoms with E-state index in [1.807, 2.05) is 0 Å². The number of benzene rings is 1. The largest absolute Gasteiger partial charge is 0.310 e. The second-order valence-electron chi connectivity index (χ2n) is 5.29. The average molecular weight is 247 g/mol. The van der Waals surface area contributed by atoms with Gasteiger partial charge in [0.15, 0.2) is 0 Å². The molecule has 0 aromatic heterocycles. The summed E-state index contributed by atoms with van der Waals surface area (Å²) in [7, 11) is 0. The van der Waals surface area contributed by atoms with Crippen LogP contribution in [0.25, 0.3) is 0 Å². The molecule has 3 rings (SSSR count). The first kappa shape index (κ1) is 11.6. The molecule has 17 heavy (non-hydrogen) atoms. The lowest BCUT2D eigenvalue weighted by atomic mass is 10.2. The van der Waals surface area contributed by atoms with Crippen LogP contribution in [0.4, 0.5) is 0 Å². The Kier molecular flexibility index (Phi) is 3.72. The molecule has 2 fully saturated rings. The zero-order chi connectivity index (χ0) is 11.5. The van der Waals surface area contributed by atoms with Crippen LogP contribution in [-0.2, 0) is 6.54 Å². The molecule has 0 spiro atoms. The van der Waals surface area contributed by atoms with Crippen LogP contribution >= 0.6 is 11.8 Å². The highest BCUT2D eigenvalue weighted by atomic mass is 32.2. The molecular formula is C15H21NS.